The van der Waals surface area contributed by atoms with Crippen LogP contribution in [0, 0.1) is 0 Å². The average molecular weight is 443 g/mol. The third-order valence-electron chi connectivity index (χ3n) is 5.70. The average Bonchev–Trinajstić information content (AvgIpc) is 2.89. The Balaban J connectivity index is 1.57. The van der Waals surface area contributed by atoms with E-state index in [1.165, 1.54) is 0 Å². The fourth-order valence-electron chi connectivity index (χ4n) is 4.05. The number of nitrogens with two attached hydrogens (primary N) is 2. The van der Waals surface area contributed by atoms with Gasteiger partial charge in [0.05, 0.1) is 0 Å². The second kappa shape index (κ2) is 9.43. The van der Waals surface area contributed by atoms with Crippen LogP contribution in [0.4, 0.5) is 45.5 Å². The summed E-state index contributed by atoms with van der Waals surface area (Å²) in [5.74, 6) is 0. The molecule has 4 N–H and O–H groups in total. The molecule has 0 radical (unpaired) electrons. The van der Waals surface area contributed by atoms with Gasteiger partial charge in [-0.2, -0.15) is 0 Å². The molecule has 4 heteroatoms. The van der Waals surface area contributed by atoms with E-state index < -0.39 is 0 Å². The van der Waals surface area contributed by atoms with Crippen molar-refractivity contribution in [2.24, 2.45) is 0 Å². The van der Waals surface area contributed by atoms with Gasteiger partial charge in [-0.1, -0.05) is 36.4 Å². The van der Waals surface area contributed by atoms with E-state index in [2.05, 4.69) is 58.3 Å². The van der Waals surface area contributed by atoms with Crippen molar-refractivity contribution < 1.29 is 0 Å². The maximum Gasteiger partial charge on any atom is 0.0463 e. The molecule has 0 aliphatic rings. The van der Waals surface area contributed by atoms with E-state index in [-0.39, 0.29) is 0 Å². The fourth-order valence-corrected chi connectivity index (χ4v) is 4.05. The normalized spacial score (nSPS) is 10.6. The van der Waals surface area contributed by atoms with Gasteiger partial charge < -0.3 is 21.3 Å². The van der Waals surface area contributed by atoms with Gasteiger partial charge in [-0.15, -0.1) is 0 Å². The number of nitrogens with zero attached hydrogens (tertiary/aromatic N) is 2. The number of hydrogen-bond acceptors (Lipinski definition) is 4. The first-order chi connectivity index (χ1) is 16.7. The summed E-state index contributed by atoms with van der Waals surface area (Å²) in [6.07, 6.45) is 0. The van der Waals surface area contributed by atoms with Crippen LogP contribution >= 0.6 is 0 Å². The van der Waals surface area contributed by atoms with E-state index in [1.807, 2.05) is 84.9 Å². The molecule has 0 unspecified atom stereocenters. The SMILES string of the molecule is Nc1ccc(N(c2ccccc2)c2ccc(N(c3ccccc3)c3ccc(N)cc3)cc2)cc1. The largest absolute Gasteiger partial charge is 0.399 e. The summed E-state index contributed by atoms with van der Waals surface area (Å²) in [7, 11) is 0. The van der Waals surface area contributed by atoms with Gasteiger partial charge in [-0.3, -0.25) is 0 Å². The smallest absolute Gasteiger partial charge is 0.0463 e. The standard InChI is InChI=1S/C30H26N4/c31-23-11-15-27(16-12-23)33(25-7-3-1-4-8-25)29-19-21-30(22-20-29)34(26-9-5-2-6-10-26)28-17-13-24(32)14-18-28/h1-22H,31-32H2. The van der Waals surface area contributed by atoms with Gasteiger partial charge in [0.25, 0.3) is 0 Å². The monoisotopic (exact) mass is 442 g/mol. The minimum atomic E-state index is 0.745. The van der Waals surface area contributed by atoms with Crippen molar-refractivity contribution in [2.45, 2.75) is 0 Å². The topological polar surface area (TPSA) is 58.5 Å². The van der Waals surface area contributed by atoms with E-state index in [0.29, 0.717) is 0 Å². The van der Waals surface area contributed by atoms with Crippen LogP contribution in [0.5, 0.6) is 0 Å². The predicted molar refractivity (Wildman–Crippen MR) is 145 cm³/mol. The van der Waals surface area contributed by atoms with Crippen molar-refractivity contribution in [3.05, 3.63) is 133 Å². The molecule has 0 saturated heterocycles. The maximum absolute atomic E-state index is 5.95. The van der Waals surface area contributed by atoms with E-state index >= 15 is 0 Å². The molecule has 34 heavy (non-hydrogen) atoms. The van der Waals surface area contributed by atoms with Crippen molar-refractivity contribution in [3.8, 4) is 0 Å². The predicted octanol–water partition coefficient (Wildman–Crippen LogP) is 7.79. The van der Waals surface area contributed by atoms with Crippen molar-refractivity contribution in [1.82, 2.24) is 0 Å². The highest BCUT2D eigenvalue weighted by Gasteiger charge is 2.15. The van der Waals surface area contributed by atoms with E-state index in [1.54, 1.807) is 0 Å². The summed E-state index contributed by atoms with van der Waals surface area (Å²) in [6.45, 7) is 0. The molecule has 5 aromatic rings. The van der Waals surface area contributed by atoms with Gasteiger partial charge in [0.2, 0.25) is 0 Å². The molecule has 0 atom stereocenters. The van der Waals surface area contributed by atoms with Crippen LogP contribution in [0.2, 0.25) is 0 Å². The minimum Gasteiger partial charge on any atom is -0.399 e. The summed E-state index contributed by atoms with van der Waals surface area (Å²) in [4.78, 5) is 4.44. The van der Waals surface area contributed by atoms with Gasteiger partial charge >= 0.3 is 0 Å². The molecule has 0 spiro atoms. The quantitative estimate of drug-likeness (QED) is 0.264. The lowest BCUT2D eigenvalue weighted by Gasteiger charge is -2.28. The Bertz CT molecular complexity index is 1220. The molecule has 0 fully saturated rings. The first kappa shape index (κ1) is 21.2. The molecule has 4 nitrogen and oxygen atoms in total. The zero-order valence-corrected chi connectivity index (χ0v) is 18.8. The van der Waals surface area contributed by atoms with Crippen LogP contribution in [0.25, 0.3) is 0 Å². The van der Waals surface area contributed by atoms with Crippen LogP contribution in [0.15, 0.2) is 133 Å². The molecule has 166 valence electrons. The van der Waals surface area contributed by atoms with Crippen molar-refractivity contribution >= 4 is 45.5 Å². The Hall–Kier alpha value is -4.70. The Morgan fingerprint density at radius 3 is 0.824 bits per heavy atom. The third-order valence-corrected chi connectivity index (χ3v) is 5.70. The zero-order valence-electron chi connectivity index (χ0n) is 18.8. The van der Waals surface area contributed by atoms with Crippen LogP contribution in [-0.4, -0.2) is 0 Å². The van der Waals surface area contributed by atoms with Gasteiger partial charge in [0.15, 0.2) is 0 Å². The molecule has 0 bridgehead atoms. The van der Waals surface area contributed by atoms with Crippen LogP contribution in [0.1, 0.15) is 0 Å². The third kappa shape index (κ3) is 4.43. The molecule has 0 aromatic heterocycles. The molecule has 0 amide bonds. The highest BCUT2D eigenvalue weighted by molar-refractivity contribution is 5.81. The summed E-state index contributed by atoms with van der Waals surface area (Å²) >= 11 is 0. The number of hydrogen-bond donors (Lipinski definition) is 2. The summed E-state index contributed by atoms with van der Waals surface area (Å²) in [6, 6.07) is 45.1. The molecular weight excluding hydrogens is 416 g/mol. The summed E-state index contributed by atoms with van der Waals surface area (Å²) in [5.41, 5.74) is 19.8. The minimum absolute atomic E-state index is 0.745. The lowest BCUT2D eigenvalue weighted by Crippen LogP contribution is -2.12. The molecule has 5 aromatic carbocycles. The Morgan fingerprint density at radius 2 is 0.529 bits per heavy atom. The number of anilines is 8. The molecule has 0 aliphatic heterocycles. The van der Waals surface area contributed by atoms with Gasteiger partial charge in [0, 0.05) is 45.5 Å². The van der Waals surface area contributed by atoms with Crippen LogP contribution in [0.3, 0.4) is 0 Å². The number of para-hydroxylation sites is 2. The number of nitrogen functional groups attached to an aromatic ring is 2. The number of rotatable bonds is 6. The highest BCUT2D eigenvalue weighted by Crippen LogP contribution is 2.39. The zero-order chi connectivity index (χ0) is 23.3. The Kier molecular flexibility index (Phi) is 5.87. The summed E-state index contributed by atoms with van der Waals surface area (Å²) < 4.78 is 0. The van der Waals surface area contributed by atoms with Crippen molar-refractivity contribution in [3.63, 3.8) is 0 Å². The highest BCUT2D eigenvalue weighted by atomic mass is 15.2. The second-order valence-corrected chi connectivity index (χ2v) is 8.04. The maximum atomic E-state index is 5.95. The first-order valence-corrected chi connectivity index (χ1v) is 11.2. The van der Waals surface area contributed by atoms with E-state index in [4.69, 9.17) is 11.5 Å². The van der Waals surface area contributed by atoms with E-state index in [0.717, 1.165) is 45.5 Å². The molecule has 0 saturated carbocycles. The summed E-state index contributed by atoms with van der Waals surface area (Å²) in [5, 5.41) is 0. The molecule has 0 aliphatic carbocycles. The van der Waals surface area contributed by atoms with Crippen molar-refractivity contribution in [1.29, 1.82) is 0 Å². The van der Waals surface area contributed by atoms with Crippen LogP contribution < -0.4 is 21.3 Å². The van der Waals surface area contributed by atoms with Gasteiger partial charge in [-0.25, -0.2) is 0 Å². The number of benzene rings is 5. The van der Waals surface area contributed by atoms with Gasteiger partial charge in [0.1, 0.15) is 0 Å². The molecule has 5 rings (SSSR count). The lowest BCUT2D eigenvalue weighted by atomic mass is 10.1. The van der Waals surface area contributed by atoms with Gasteiger partial charge in [-0.05, 0) is 97.1 Å². The first-order valence-electron chi connectivity index (χ1n) is 11.2. The lowest BCUT2D eigenvalue weighted by molar-refractivity contribution is 1.26. The fraction of sp³-hybridized carbons (Fsp3) is 0. The second-order valence-electron chi connectivity index (χ2n) is 8.04. The van der Waals surface area contributed by atoms with Crippen LogP contribution in [-0.2, 0) is 0 Å². The molecular formula is C30H26N4. The van der Waals surface area contributed by atoms with Crippen molar-refractivity contribution in [2.75, 3.05) is 21.3 Å². The Labute approximate surface area is 200 Å². The molecule has 0 heterocycles. The van der Waals surface area contributed by atoms with E-state index in [9.17, 15) is 0 Å². The Morgan fingerprint density at radius 1 is 0.294 bits per heavy atom.